The van der Waals surface area contributed by atoms with Crippen molar-refractivity contribution in [3.8, 4) is 34.3 Å². The summed E-state index contributed by atoms with van der Waals surface area (Å²) in [4.78, 5) is 16.8. The minimum Gasteiger partial charge on any atom is -0.493 e. The molecule has 1 aliphatic rings. The number of benzene rings is 3. The van der Waals surface area contributed by atoms with E-state index < -0.39 is 0 Å². The van der Waals surface area contributed by atoms with Crippen molar-refractivity contribution in [3.05, 3.63) is 66.7 Å². The zero-order valence-corrected chi connectivity index (χ0v) is 21.7. The Morgan fingerprint density at radius 3 is 2.16 bits per heavy atom. The molecule has 9 nitrogen and oxygen atoms in total. The second kappa shape index (κ2) is 11.2. The number of amides is 1. The smallest absolute Gasteiger partial charge is 0.260 e. The molecular formula is C29H30N4O5. The number of anilines is 1. The molecule has 9 heteroatoms. The number of fused-ring (bicyclic) bond motifs is 1. The summed E-state index contributed by atoms with van der Waals surface area (Å²) >= 11 is 0. The van der Waals surface area contributed by atoms with Crippen molar-refractivity contribution >= 4 is 22.5 Å². The lowest BCUT2D eigenvalue weighted by atomic mass is 10.1. The van der Waals surface area contributed by atoms with Crippen molar-refractivity contribution in [3.63, 3.8) is 0 Å². The highest BCUT2D eigenvalue weighted by Gasteiger charge is 2.23. The molecule has 0 bridgehead atoms. The van der Waals surface area contributed by atoms with E-state index in [1.54, 1.807) is 21.3 Å². The van der Waals surface area contributed by atoms with Gasteiger partial charge in [-0.1, -0.05) is 36.4 Å². The number of hydrogen-bond acceptors (Lipinski definition) is 8. The number of aromatic nitrogens is 2. The van der Waals surface area contributed by atoms with E-state index in [1.165, 1.54) is 0 Å². The van der Waals surface area contributed by atoms with E-state index in [1.807, 2.05) is 71.6 Å². The van der Waals surface area contributed by atoms with Crippen LogP contribution in [0.25, 0.3) is 22.0 Å². The SMILES string of the molecule is COc1cc(-c2ccc(N3CCN(C(=O)COc4cccc5ccccc45)CC3)nn2)cc(OC)c1OC. The van der Waals surface area contributed by atoms with Crippen LogP contribution in [0.1, 0.15) is 0 Å². The maximum Gasteiger partial charge on any atom is 0.260 e. The van der Waals surface area contributed by atoms with Gasteiger partial charge in [0.2, 0.25) is 5.75 Å². The van der Waals surface area contributed by atoms with Gasteiger partial charge in [0.15, 0.2) is 23.9 Å². The number of nitrogens with zero attached hydrogens (tertiary/aromatic N) is 4. The van der Waals surface area contributed by atoms with E-state index in [-0.39, 0.29) is 12.5 Å². The van der Waals surface area contributed by atoms with Crippen molar-refractivity contribution in [2.45, 2.75) is 0 Å². The number of carbonyl (C=O) groups excluding carboxylic acids is 1. The molecule has 0 aliphatic carbocycles. The summed E-state index contributed by atoms with van der Waals surface area (Å²) in [6, 6.07) is 21.4. The van der Waals surface area contributed by atoms with Crippen molar-refractivity contribution in [2.75, 3.05) is 59.0 Å². The minimum absolute atomic E-state index is 0.0112. The topological polar surface area (TPSA) is 86.3 Å². The van der Waals surface area contributed by atoms with E-state index in [9.17, 15) is 4.79 Å². The van der Waals surface area contributed by atoms with Gasteiger partial charge in [-0.05, 0) is 35.7 Å². The number of methoxy groups -OCH3 is 3. The van der Waals surface area contributed by atoms with Gasteiger partial charge in [0.1, 0.15) is 5.75 Å². The second-order valence-electron chi connectivity index (χ2n) is 8.82. The molecule has 1 saturated heterocycles. The Morgan fingerprint density at radius 2 is 1.50 bits per heavy atom. The summed E-state index contributed by atoms with van der Waals surface area (Å²) in [5, 5.41) is 11.0. The Labute approximate surface area is 221 Å². The zero-order valence-electron chi connectivity index (χ0n) is 21.7. The lowest BCUT2D eigenvalue weighted by Gasteiger charge is -2.35. The first kappa shape index (κ1) is 25.1. The van der Waals surface area contributed by atoms with Crippen LogP contribution in [0.4, 0.5) is 5.82 Å². The highest BCUT2D eigenvalue weighted by atomic mass is 16.5. The summed E-state index contributed by atoms with van der Waals surface area (Å²) in [6.45, 7) is 2.52. The van der Waals surface area contributed by atoms with Crippen LogP contribution in [0.3, 0.4) is 0 Å². The van der Waals surface area contributed by atoms with Gasteiger partial charge in [0, 0.05) is 37.1 Å². The van der Waals surface area contributed by atoms with E-state index >= 15 is 0 Å². The fourth-order valence-corrected chi connectivity index (χ4v) is 4.61. The molecule has 1 amide bonds. The molecule has 0 spiro atoms. The molecule has 3 aromatic carbocycles. The van der Waals surface area contributed by atoms with Crippen molar-refractivity contribution in [1.29, 1.82) is 0 Å². The van der Waals surface area contributed by atoms with Crippen LogP contribution >= 0.6 is 0 Å². The van der Waals surface area contributed by atoms with Gasteiger partial charge in [-0.3, -0.25) is 4.79 Å². The molecule has 1 fully saturated rings. The fraction of sp³-hybridized carbons (Fsp3) is 0.276. The largest absolute Gasteiger partial charge is 0.493 e. The molecule has 0 atom stereocenters. The van der Waals surface area contributed by atoms with Crippen LogP contribution in [0, 0.1) is 0 Å². The molecule has 0 radical (unpaired) electrons. The predicted molar refractivity (Wildman–Crippen MR) is 145 cm³/mol. The Balaban J connectivity index is 1.19. The Bertz CT molecular complexity index is 1390. The van der Waals surface area contributed by atoms with E-state index in [2.05, 4.69) is 15.1 Å². The third-order valence-corrected chi connectivity index (χ3v) is 6.67. The van der Waals surface area contributed by atoms with Gasteiger partial charge < -0.3 is 28.7 Å². The summed E-state index contributed by atoms with van der Waals surface area (Å²) in [6.07, 6.45) is 0. The average Bonchev–Trinajstić information content (AvgIpc) is 2.99. The normalized spacial score (nSPS) is 13.3. The maximum atomic E-state index is 12.8. The summed E-state index contributed by atoms with van der Waals surface area (Å²) in [7, 11) is 4.73. The molecule has 196 valence electrons. The maximum absolute atomic E-state index is 12.8. The molecule has 0 N–H and O–H groups in total. The van der Waals surface area contributed by atoms with Crippen molar-refractivity contribution < 1.29 is 23.7 Å². The molecule has 2 heterocycles. The highest BCUT2D eigenvalue weighted by molar-refractivity contribution is 5.88. The monoisotopic (exact) mass is 514 g/mol. The summed E-state index contributed by atoms with van der Waals surface area (Å²) in [5.74, 6) is 3.09. The summed E-state index contributed by atoms with van der Waals surface area (Å²) in [5.41, 5.74) is 1.49. The van der Waals surface area contributed by atoms with Gasteiger partial charge >= 0.3 is 0 Å². The summed E-state index contributed by atoms with van der Waals surface area (Å²) < 4.78 is 22.2. The lowest BCUT2D eigenvalue weighted by Crippen LogP contribution is -2.50. The van der Waals surface area contributed by atoms with Crippen LogP contribution in [-0.2, 0) is 4.79 Å². The highest BCUT2D eigenvalue weighted by Crippen LogP contribution is 2.40. The molecule has 0 unspecified atom stereocenters. The first-order valence-corrected chi connectivity index (χ1v) is 12.4. The third kappa shape index (κ3) is 5.13. The molecule has 0 saturated carbocycles. The van der Waals surface area contributed by atoms with Gasteiger partial charge in [-0.2, -0.15) is 0 Å². The van der Waals surface area contributed by atoms with Crippen LogP contribution in [0.2, 0.25) is 0 Å². The number of carbonyl (C=O) groups is 1. The van der Waals surface area contributed by atoms with Gasteiger partial charge in [-0.25, -0.2) is 0 Å². The molecule has 4 aromatic rings. The Kier molecular flexibility index (Phi) is 7.44. The fourth-order valence-electron chi connectivity index (χ4n) is 4.61. The van der Waals surface area contributed by atoms with Gasteiger partial charge in [0.25, 0.3) is 5.91 Å². The number of piperazine rings is 1. The molecule has 1 aromatic heterocycles. The average molecular weight is 515 g/mol. The molecule has 5 rings (SSSR count). The first-order valence-electron chi connectivity index (χ1n) is 12.4. The minimum atomic E-state index is -0.0265. The van der Waals surface area contributed by atoms with Crippen LogP contribution in [0.15, 0.2) is 66.7 Å². The van der Waals surface area contributed by atoms with Crippen molar-refractivity contribution in [1.82, 2.24) is 15.1 Å². The third-order valence-electron chi connectivity index (χ3n) is 6.67. The Morgan fingerprint density at radius 1 is 0.789 bits per heavy atom. The lowest BCUT2D eigenvalue weighted by molar-refractivity contribution is -0.133. The van der Waals surface area contributed by atoms with Crippen LogP contribution in [-0.4, -0.2) is 75.1 Å². The standard InChI is InChI=1S/C29H30N4O5/c1-35-25-17-21(18-26(36-2)29(25)37-3)23-11-12-27(31-30-23)32-13-15-33(16-14-32)28(34)19-38-24-10-6-8-20-7-4-5-9-22(20)24/h4-12,17-18H,13-16,19H2,1-3H3. The first-order chi connectivity index (χ1) is 18.6. The van der Waals surface area contributed by atoms with Gasteiger partial charge in [-0.15, -0.1) is 10.2 Å². The molecule has 1 aliphatic heterocycles. The van der Waals surface area contributed by atoms with Crippen LogP contribution < -0.4 is 23.8 Å². The molecule has 38 heavy (non-hydrogen) atoms. The zero-order chi connectivity index (χ0) is 26.5. The number of rotatable bonds is 8. The van der Waals surface area contributed by atoms with Gasteiger partial charge in [0.05, 0.1) is 27.0 Å². The predicted octanol–water partition coefficient (Wildman–Crippen LogP) is 4.05. The Hall–Kier alpha value is -4.53. The number of hydrogen-bond donors (Lipinski definition) is 0. The number of ether oxygens (including phenoxy) is 4. The van der Waals surface area contributed by atoms with Crippen molar-refractivity contribution in [2.24, 2.45) is 0 Å². The molecular weight excluding hydrogens is 484 g/mol. The second-order valence-corrected chi connectivity index (χ2v) is 8.82. The van der Waals surface area contributed by atoms with Crippen LogP contribution in [0.5, 0.6) is 23.0 Å². The van der Waals surface area contributed by atoms with E-state index in [0.717, 1.165) is 27.9 Å². The van der Waals surface area contributed by atoms with E-state index in [4.69, 9.17) is 18.9 Å². The van der Waals surface area contributed by atoms with E-state index in [0.29, 0.717) is 49.1 Å². The quantitative estimate of drug-likeness (QED) is 0.348.